The molecule has 2 aliphatic heterocycles. The van der Waals surface area contributed by atoms with E-state index in [1.54, 1.807) is 24.3 Å². The molecule has 0 amide bonds. The molecule has 0 fully saturated rings. The van der Waals surface area contributed by atoms with Gasteiger partial charge in [0.25, 0.3) is 0 Å². The molecule has 6 heteroatoms. The average molecular weight is 314 g/mol. The number of hydrogen-bond donors (Lipinski definition) is 0. The fourth-order valence-corrected chi connectivity index (χ4v) is 2.41. The van der Waals surface area contributed by atoms with Gasteiger partial charge in [0.15, 0.2) is 23.0 Å². The molecule has 2 aromatic carbocycles. The van der Waals surface area contributed by atoms with E-state index in [2.05, 4.69) is 0 Å². The van der Waals surface area contributed by atoms with Crippen LogP contribution in [0.2, 0.25) is 0 Å². The van der Waals surface area contributed by atoms with Gasteiger partial charge in [-0.15, -0.1) is 0 Å². The highest BCUT2D eigenvalue weighted by molar-refractivity contribution is 5.76. The Morgan fingerprint density at radius 2 is 1.78 bits per heavy atom. The van der Waals surface area contributed by atoms with Gasteiger partial charge in [-0.1, -0.05) is 18.2 Å². The first-order chi connectivity index (χ1) is 11.3. The number of benzene rings is 2. The van der Waals surface area contributed by atoms with Crippen LogP contribution in [0.3, 0.4) is 0 Å². The maximum absolute atomic E-state index is 12.1. The quantitative estimate of drug-likeness (QED) is 0.810. The maximum atomic E-state index is 12.1. The van der Waals surface area contributed by atoms with Crippen LogP contribution >= 0.6 is 0 Å². The number of rotatable bonds is 3. The van der Waals surface area contributed by atoms with Crippen molar-refractivity contribution in [1.29, 1.82) is 0 Å². The lowest BCUT2D eigenvalue weighted by Crippen LogP contribution is -2.37. The number of carbonyl (C=O) groups excluding carboxylic acids is 1. The van der Waals surface area contributed by atoms with Crippen molar-refractivity contribution in [3.05, 3.63) is 48.0 Å². The molecule has 1 atom stereocenters. The van der Waals surface area contributed by atoms with Crippen LogP contribution < -0.4 is 18.9 Å². The number of hydrogen-bond acceptors (Lipinski definition) is 6. The van der Waals surface area contributed by atoms with Gasteiger partial charge < -0.3 is 23.7 Å². The van der Waals surface area contributed by atoms with Crippen molar-refractivity contribution in [2.24, 2.45) is 0 Å². The van der Waals surface area contributed by atoms with Crippen LogP contribution in [0.1, 0.15) is 5.56 Å². The maximum Gasteiger partial charge on any atom is 0.351 e. The molecule has 4 rings (SSSR count). The molecule has 0 aliphatic carbocycles. The van der Waals surface area contributed by atoms with Crippen molar-refractivity contribution in [2.45, 2.75) is 12.7 Å². The fourth-order valence-electron chi connectivity index (χ4n) is 2.41. The molecule has 0 aromatic heterocycles. The largest absolute Gasteiger partial charge is 0.485 e. The minimum absolute atomic E-state index is 0.136. The molecule has 118 valence electrons. The van der Waals surface area contributed by atoms with E-state index in [0.29, 0.717) is 23.0 Å². The lowest BCUT2D eigenvalue weighted by atomic mass is 10.2. The van der Waals surface area contributed by atoms with Crippen LogP contribution in [0.15, 0.2) is 42.5 Å². The molecule has 0 saturated carbocycles. The van der Waals surface area contributed by atoms with Crippen LogP contribution in [0, 0.1) is 0 Å². The van der Waals surface area contributed by atoms with Crippen LogP contribution in [-0.4, -0.2) is 25.5 Å². The summed E-state index contributed by atoms with van der Waals surface area (Å²) in [5.74, 6) is 2.07. The van der Waals surface area contributed by atoms with Crippen molar-refractivity contribution >= 4 is 5.97 Å². The second kappa shape index (κ2) is 5.72. The molecule has 2 aromatic rings. The van der Waals surface area contributed by atoms with Gasteiger partial charge >= 0.3 is 5.97 Å². The third-order valence-electron chi connectivity index (χ3n) is 3.59. The molecule has 0 N–H and O–H groups in total. The minimum Gasteiger partial charge on any atom is -0.485 e. The Labute approximate surface area is 132 Å². The first kappa shape index (κ1) is 13.8. The highest BCUT2D eigenvalue weighted by Crippen LogP contribution is 2.33. The number of fused-ring (bicyclic) bond motifs is 2. The van der Waals surface area contributed by atoms with E-state index < -0.39 is 12.1 Å². The summed E-state index contributed by atoms with van der Waals surface area (Å²) in [5, 5.41) is 0. The highest BCUT2D eigenvalue weighted by Gasteiger charge is 2.28. The molecular weight excluding hydrogens is 300 g/mol. The highest BCUT2D eigenvalue weighted by atomic mass is 16.7. The molecule has 0 unspecified atom stereocenters. The molecule has 23 heavy (non-hydrogen) atoms. The second-order valence-electron chi connectivity index (χ2n) is 5.16. The predicted octanol–water partition coefficient (Wildman–Crippen LogP) is 2.30. The second-order valence-corrected chi connectivity index (χ2v) is 5.16. The zero-order valence-corrected chi connectivity index (χ0v) is 12.2. The van der Waals surface area contributed by atoms with Crippen LogP contribution in [0.25, 0.3) is 0 Å². The van der Waals surface area contributed by atoms with Crippen LogP contribution in [0.5, 0.6) is 23.0 Å². The Kier molecular flexibility index (Phi) is 3.42. The zero-order chi connectivity index (χ0) is 15.6. The third-order valence-corrected chi connectivity index (χ3v) is 3.59. The molecular formula is C17H14O6. The molecule has 0 saturated heterocycles. The van der Waals surface area contributed by atoms with Gasteiger partial charge in [0.2, 0.25) is 12.9 Å². The van der Waals surface area contributed by atoms with Gasteiger partial charge in [0.1, 0.15) is 13.2 Å². The van der Waals surface area contributed by atoms with Gasteiger partial charge in [-0.3, -0.25) is 0 Å². The Balaban J connectivity index is 1.37. The summed E-state index contributed by atoms with van der Waals surface area (Å²) in [7, 11) is 0. The molecule has 6 nitrogen and oxygen atoms in total. The van der Waals surface area contributed by atoms with E-state index >= 15 is 0 Å². The first-order valence-electron chi connectivity index (χ1n) is 7.23. The van der Waals surface area contributed by atoms with E-state index in [1.165, 1.54) is 0 Å². The summed E-state index contributed by atoms with van der Waals surface area (Å²) < 4.78 is 27.0. The SMILES string of the molecule is O=C(OCc1ccc2c(c1)OCO2)[C@H]1COc2ccccc2O1. The molecule has 0 bridgehead atoms. The van der Waals surface area contributed by atoms with Crippen molar-refractivity contribution < 1.29 is 28.5 Å². The Bertz CT molecular complexity index is 742. The van der Waals surface area contributed by atoms with E-state index in [0.717, 1.165) is 5.56 Å². The Morgan fingerprint density at radius 1 is 1.00 bits per heavy atom. The summed E-state index contributed by atoms with van der Waals surface area (Å²) >= 11 is 0. The number of para-hydroxylation sites is 2. The molecule has 2 aliphatic rings. The van der Waals surface area contributed by atoms with Crippen LogP contribution in [0.4, 0.5) is 0 Å². The van der Waals surface area contributed by atoms with Crippen molar-refractivity contribution in [1.82, 2.24) is 0 Å². The average Bonchev–Trinajstić information content (AvgIpc) is 3.07. The van der Waals surface area contributed by atoms with E-state index in [-0.39, 0.29) is 20.0 Å². The van der Waals surface area contributed by atoms with E-state index in [9.17, 15) is 4.79 Å². The molecule has 2 heterocycles. The Hall–Kier alpha value is -2.89. The number of carbonyl (C=O) groups is 1. The smallest absolute Gasteiger partial charge is 0.351 e. The number of ether oxygens (including phenoxy) is 5. The third kappa shape index (κ3) is 2.75. The van der Waals surface area contributed by atoms with Crippen molar-refractivity contribution in [3.8, 4) is 23.0 Å². The number of esters is 1. The van der Waals surface area contributed by atoms with Gasteiger partial charge in [-0.05, 0) is 29.8 Å². The topological polar surface area (TPSA) is 63.2 Å². The van der Waals surface area contributed by atoms with Crippen molar-refractivity contribution in [3.63, 3.8) is 0 Å². The van der Waals surface area contributed by atoms with Gasteiger partial charge in [-0.25, -0.2) is 4.79 Å². The van der Waals surface area contributed by atoms with E-state index in [1.807, 2.05) is 18.2 Å². The zero-order valence-electron chi connectivity index (χ0n) is 12.2. The van der Waals surface area contributed by atoms with Crippen LogP contribution in [-0.2, 0) is 16.1 Å². The Morgan fingerprint density at radius 3 is 2.70 bits per heavy atom. The lowest BCUT2D eigenvalue weighted by Gasteiger charge is -2.24. The van der Waals surface area contributed by atoms with E-state index in [4.69, 9.17) is 23.7 Å². The summed E-state index contributed by atoms with van der Waals surface area (Å²) in [5.41, 5.74) is 0.819. The standard InChI is InChI=1S/C17H14O6/c18-17(16-9-19-12-3-1-2-4-14(12)23-16)20-8-11-5-6-13-15(7-11)22-10-21-13/h1-7,16H,8-10H2/t16-/m1/s1. The summed E-state index contributed by atoms with van der Waals surface area (Å²) in [4.78, 5) is 12.1. The fraction of sp³-hybridized carbons (Fsp3) is 0.235. The summed E-state index contributed by atoms with van der Waals surface area (Å²) in [6.07, 6.45) is -0.765. The van der Waals surface area contributed by atoms with Gasteiger partial charge in [-0.2, -0.15) is 0 Å². The van der Waals surface area contributed by atoms with Gasteiger partial charge in [0.05, 0.1) is 0 Å². The predicted molar refractivity (Wildman–Crippen MR) is 78.7 cm³/mol. The summed E-state index contributed by atoms with van der Waals surface area (Å²) in [6.45, 7) is 0.485. The summed E-state index contributed by atoms with van der Waals surface area (Å²) in [6, 6.07) is 12.6. The lowest BCUT2D eigenvalue weighted by molar-refractivity contribution is -0.155. The molecule has 0 spiro atoms. The molecule has 0 radical (unpaired) electrons. The normalized spacial score (nSPS) is 17.7. The minimum atomic E-state index is -0.765. The first-order valence-corrected chi connectivity index (χ1v) is 7.23. The van der Waals surface area contributed by atoms with Crippen molar-refractivity contribution in [2.75, 3.05) is 13.4 Å². The monoisotopic (exact) mass is 314 g/mol. The van der Waals surface area contributed by atoms with Gasteiger partial charge in [0, 0.05) is 0 Å².